The van der Waals surface area contributed by atoms with Gasteiger partial charge in [0.15, 0.2) is 0 Å². The van der Waals surface area contributed by atoms with Gasteiger partial charge < -0.3 is 19.4 Å². The van der Waals surface area contributed by atoms with Crippen molar-refractivity contribution in [1.82, 2.24) is 9.55 Å². The number of rotatable bonds is 6. The minimum absolute atomic E-state index is 0.701. The highest BCUT2D eigenvalue weighted by Crippen LogP contribution is 2.16. The van der Waals surface area contributed by atoms with Crippen molar-refractivity contribution in [2.75, 3.05) is 38.8 Å². The molecule has 1 N–H and O–H groups in total. The molecular weight excluding hydrogens is 230 g/mol. The number of ether oxygens (including phenoxy) is 2. The van der Waals surface area contributed by atoms with Gasteiger partial charge in [-0.3, -0.25) is 0 Å². The van der Waals surface area contributed by atoms with Gasteiger partial charge in [-0.25, -0.2) is 4.98 Å². The van der Waals surface area contributed by atoms with E-state index < -0.39 is 0 Å². The monoisotopic (exact) mass is 253 g/mol. The van der Waals surface area contributed by atoms with Crippen LogP contribution in [0.5, 0.6) is 0 Å². The average Bonchev–Trinajstić information content (AvgIpc) is 2.75. The molecule has 5 nitrogen and oxygen atoms in total. The second kappa shape index (κ2) is 6.75. The molecule has 1 aliphatic heterocycles. The number of nitrogens with zero attached hydrogens (tertiary/aromatic N) is 2. The lowest BCUT2D eigenvalue weighted by atomic mass is 10.0. The van der Waals surface area contributed by atoms with Gasteiger partial charge in [-0.2, -0.15) is 0 Å². The van der Waals surface area contributed by atoms with Crippen LogP contribution in [-0.2, 0) is 16.0 Å². The zero-order valence-electron chi connectivity index (χ0n) is 11.3. The van der Waals surface area contributed by atoms with Gasteiger partial charge in [-0.1, -0.05) is 0 Å². The van der Waals surface area contributed by atoms with Gasteiger partial charge in [0.2, 0.25) is 5.95 Å². The molecule has 2 heterocycles. The molecule has 0 aliphatic carbocycles. The Labute approximate surface area is 108 Å². The molecule has 1 aliphatic rings. The van der Waals surface area contributed by atoms with Crippen LogP contribution in [-0.4, -0.2) is 43.0 Å². The zero-order chi connectivity index (χ0) is 12.8. The quantitative estimate of drug-likeness (QED) is 0.838. The van der Waals surface area contributed by atoms with Gasteiger partial charge >= 0.3 is 0 Å². The molecule has 5 heteroatoms. The average molecular weight is 253 g/mol. The first-order valence-electron chi connectivity index (χ1n) is 6.64. The van der Waals surface area contributed by atoms with E-state index in [0.717, 1.165) is 50.8 Å². The van der Waals surface area contributed by atoms with Crippen LogP contribution in [0.2, 0.25) is 0 Å². The van der Waals surface area contributed by atoms with Crippen LogP contribution in [0.3, 0.4) is 0 Å². The molecule has 0 radical (unpaired) electrons. The van der Waals surface area contributed by atoms with Crippen molar-refractivity contribution < 1.29 is 9.47 Å². The van der Waals surface area contributed by atoms with Crippen LogP contribution in [0.25, 0.3) is 0 Å². The van der Waals surface area contributed by atoms with E-state index in [1.54, 1.807) is 7.11 Å². The summed E-state index contributed by atoms with van der Waals surface area (Å²) in [6, 6.07) is 0. The van der Waals surface area contributed by atoms with Gasteiger partial charge in [0, 0.05) is 39.6 Å². The van der Waals surface area contributed by atoms with Crippen molar-refractivity contribution in [2.45, 2.75) is 26.3 Å². The molecule has 1 fully saturated rings. The maximum atomic E-state index is 5.37. The molecule has 1 aromatic rings. The fraction of sp³-hybridized carbons (Fsp3) is 0.769. The normalized spacial score (nSPS) is 17.0. The second-order valence-electron chi connectivity index (χ2n) is 4.83. The Morgan fingerprint density at radius 3 is 3.00 bits per heavy atom. The summed E-state index contributed by atoms with van der Waals surface area (Å²) in [6.07, 6.45) is 4.35. The van der Waals surface area contributed by atoms with E-state index in [-0.39, 0.29) is 0 Å². The Bertz CT molecular complexity index is 359. The molecule has 0 amide bonds. The highest BCUT2D eigenvalue weighted by Gasteiger charge is 2.14. The van der Waals surface area contributed by atoms with Crippen LogP contribution in [0.15, 0.2) is 6.20 Å². The highest BCUT2D eigenvalue weighted by molar-refractivity contribution is 5.28. The summed E-state index contributed by atoms with van der Waals surface area (Å²) in [4.78, 5) is 4.51. The molecule has 1 saturated heterocycles. The molecule has 1 aromatic heterocycles. The first-order valence-corrected chi connectivity index (χ1v) is 6.64. The number of imidazole rings is 1. The Morgan fingerprint density at radius 1 is 1.50 bits per heavy atom. The molecule has 0 spiro atoms. The third-order valence-electron chi connectivity index (χ3n) is 3.32. The predicted octanol–water partition coefficient (Wildman–Crippen LogP) is 1.68. The lowest BCUT2D eigenvalue weighted by Gasteiger charge is -2.22. The van der Waals surface area contributed by atoms with E-state index in [2.05, 4.69) is 21.1 Å². The summed E-state index contributed by atoms with van der Waals surface area (Å²) in [5, 5.41) is 3.45. The van der Waals surface area contributed by atoms with Crippen molar-refractivity contribution in [1.29, 1.82) is 0 Å². The van der Waals surface area contributed by atoms with E-state index in [1.165, 1.54) is 0 Å². The van der Waals surface area contributed by atoms with Gasteiger partial charge in [-0.15, -0.1) is 0 Å². The maximum absolute atomic E-state index is 5.37. The van der Waals surface area contributed by atoms with E-state index >= 15 is 0 Å². The number of hydrogen-bond donors (Lipinski definition) is 1. The fourth-order valence-electron chi connectivity index (χ4n) is 2.23. The predicted molar refractivity (Wildman–Crippen MR) is 70.9 cm³/mol. The summed E-state index contributed by atoms with van der Waals surface area (Å²) in [7, 11) is 1.72. The van der Waals surface area contributed by atoms with Crippen LogP contribution in [0.1, 0.15) is 18.5 Å². The molecule has 102 valence electrons. The van der Waals surface area contributed by atoms with Crippen molar-refractivity contribution in [3.05, 3.63) is 11.9 Å². The molecule has 0 bridgehead atoms. The first-order chi connectivity index (χ1) is 8.79. The van der Waals surface area contributed by atoms with Crippen LogP contribution < -0.4 is 5.32 Å². The topological polar surface area (TPSA) is 48.3 Å². The Kier molecular flexibility index (Phi) is 5.01. The second-order valence-corrected chi connectivity index (χ2v) is 4.83. The SMILES string of the molecule is COCCn1cc(C)nc1NCC1CCOCC1. The first kappa shape index (κ1) is 13.4. The van der Waals surface area contributed by atoms with Gasteiger partial charge in [0.05, 0.1) is 12.3 Å². The number of hydrogen-bond acceptors (Lipinski definition) is 4. The Morgan fingerprint density at radius 2 is 2.28 bits per heavy atom. The van der Waals surface area contributed by atoms with Crippen molar-refractivity contribution in [3.63, 3.8) is 0 Å². The number of methoxy groups -OCH3 is 1. The van der Waals surface area contributed by atoms with Crippen molar-refractivity contribution >= 4 is 5.95 Å². The van der Waals surface area contributed by atoms with Crippen molar-refractivity contribution in [2.24, 2.45) is 5.92 Å². The molecule has 0 saturated carbocycles. The summed E-state index contributed by atoms with van der Waals surface area (Å²) in [6.45, 7) is 6.33. The van der Waals surface area contributed by atoms with Crippen LogP contribution in [0, 0.1) is 12.8 Å². The molecule has 18 heavy (non-hydrogen) atoms. The summed E-state index contributed by atoms with van der Waals surface area (Å²) < 4.78 is 12.6. The van der Waals surface area contributed by atoms with E-state index in [9.17, 15) is 0 Å². The summed E-state index contributed by atoms with van der Waals surface area (Å²) in [5.41, 5.74) is 1.04. The number of aryl methyl sites for hydroxylation is 1. The Balaban J connectivity index is 1.86. The molecule has 0 aromatic carbocycles. The third kappa shape index (κ3) is 3.71. The lowest BCUT2D eigenvalue weighted by molar-refractivity contribution is 0.0699. The van der Waals surface area contributed by atoms with Crippen LogP contribution >= 0.6 is 0 Å². The number of nitrogens with one attached hydrogen (secondary N) is 1. The maximum Gasteiger partial charge on any atom is 0.203 e. The Hall–Kier alpha value is -1.07. The highest BCUT2D eigenvalue weighted by atomic mass is 16.5. The number of aromatic nitrogens is 2. The minimum atomic E-state index is 0.701. The zero-order valence-corrected chi connectivity index (χ0v) is 11.3. The van der Waals surface area contributed by atoms with Gasteiger partial charge in [0.25, 0.3) is 0 Å². The number of anilines is 1. The fourth-order valence-corrected chi connectivity index (χ4v) is 2.23. The van der Waals surface area contributed by atoms with E-state index in [4.69, 9.17) is 9.47 Å². The standard InChI is InChI=1S/C13H23N3O2/c1-11-10-16(5-8-17-2)13(15-11)14-9-12-3-6-18-7-4-12/h10,12H,3-9H2,1-2H3,(H,14,15). The van der Waals surface area contributed by atoms with E-state index in [1.807, 2.05) is 6.92 Å². The van der Waals surface area contributed by atoms with Gasteiger partial charge in [-0.05, 0) is 25.7 Å². The summed E-state index contributed by atoms with van der Waals surface area (Å²) in [5.74, 6) is 1.66. The molecular formula is C13H23N3O2. The summed E-state index contributed by atoms with van der Waals surface area (Å²) >= 11 is 0. The minimum Gasteiger partial charge on any atom is -0.383 e. The smallest absolute Gasteiger partial charge is 0.203 e. The largest absolute Gasteiger partial charge is 0.383 e. The van der Waals surface area contributed by atoms with Crippen LogP contribution in [0.4, 0.5) is 5.95 Å². The third-order valence-corrected chi connectivity index (χ3v) is 3.32. The van der Waals surface area contributed by atoms with E-state index in [0.29, 0.717) is 12.5 Å². The molecule has 0 unspecified atom stereocenters. The lowest BCUT2D eigenvalue weighted by Crippen LogP contribution is -2.23. The van der Waals surface area contributed by atoms with Gasteiger partial charge in [0.1, 0.15) is 0 Å². The molecule has 2 rings (SSSR count). The van der Waals surface area contributed by atoms with Crippen molar-refractivity contribution in [3.8, 4) is 0 Å². The molecule has 0 atom stereocenters.